The normalized spacial score (nSPS) is 12.2. The van der Waals surface area contributed by atoms with Crippen LogP contribution in [-0.4, -0.2) is 37.2 Å². The topological polar surface area (TPSA) is 78.9 Å². The molecule has 6 nitrogen and oxygen atoms in total. The highest BCUT2D eigenvalue weighted by atomic mass is 16.6. The summed E-state index contributed by atoms with van der Waals surface area (Å²) >= 11 is 0. The lowest BCUT2D eigenvalue weighted by Crippen LogP contribution is -2.30. The lowest BCUT2D eigenvalue weighted by molar-refractivity contribution is -0.167. The number of hydrogen-bond acceptors (Lipinski definition) is 6. The fraction of sp³-hybridized carbons (Fsp3) is 0.866. The summed E-state index contributed by atoms with van der Waals surface area (Å²) in [6.45, 7) is 6.67. The van der Waals surface area contributed by atoms with Gasteiger partial charge in [-0.15, -0.1) is 0 Å². The molecule has 1 unspecified atom stereocenters. The third-order valence-corrected chi connectivity index (χ3v) is 14.6. The molecule has 428 valence electrons. The van der Waals surface area contributed by atoms with E-state index in [2.05, 4.69) is 57.2 Å². The maximum atomic E-state index is 12.9. The Labute approximate surface area is 455 Å². The predicted octanol–water partition coefficient (Wildman–Crippen LogP) is 22.0. The molecule has 0 bridgehead atoms. The van der Waals surface area contributed by atoms with Crippen LogP contribution in [0.5, 0.6) is 0 Å². The molecule has 0 aliphatic rings. The molecular weight excluding hydrogens is 901 g/mol. The van der Waals surface area contributed by atoms with E-state index >= 15 is 0 Å². The molecule has 0 rings (SSSR count). The second-order valence-corrected chi connectivity index (χ2v) is 22.0. The molecular formula is C67H124O6. The quantitative estimate of drug-likeness (QED) is 0.0261. The van der Waals surface area contributed by atoms with Gasteiger partial charge in [-0.25, -0.2) is 0 Å². The number of rotatable bonds is 60. The van der Waals surface area contributed by atoms with Crippen LogP contribution >= 0.6 is 0 Å². The molecule has 0 aromatic carbocycles. The minimum atomic E-state index is -0.778. The van der Waals surface area contributed by atoms with E-state index < -0.39 is 6.10 Å². The number of allylic oxidation sites excluding steroid dienone is 6. The van der Waals surface area contributed by atoms with Crippen LogP contribution in [0, 0.1) is 0 Å². The van der Waals surface area contributed by atoms with Crippen molar-refractivity contribution in [3.63, 3.8) is 0 Å². The van der Waals surface area contributed by atoms with E-state index in [4.69, 9.17) is 14.2 Å². The van der Waals surface area contributed by atoms with E-state index in [-0.39, 0.29) is 31.1 Å². The summed E-state index contributed by atoms with van der Waals surface area (Å²) in [7, 11) is 0. The third kappa shape index (κ3) is 60.4. The largest absolute Gasteiger partial charge is 0.462 e. The number of esters is 3. The first-order valence-electron chi connectivity index (χ1n) is 32.5. The molecule has 0 saturated heterocycles. The highest BCUT2D eigenvalue weighted by molar-refractivity contribution is 5.71. The Kier molecular flexibility index (Phi) is 60.2. The van der Waals surface area contributed by atoms with Gasteiger partial charge in [0.1, 0.15) is 13.2 Å². The van der Waals surface area contributed by atoms with Crippen molar-refractivity contribution in [2.24, 2.45) is 0 Å². The van der Waals surface area contributed by atoms with Gasteiger partial charge in [-0.05, 0) is 77.0 Å². The van der Waals surface area contributed by atoms with Crippen LogP contribution in [0.1, 0.15) is 355 Å². The molecule has 0 spiro atoms. The SMILES string of the molecule is CCCCCC/C=C\C/C=C\CCCCCCCC(=O)OC(COC(=O)CCCCCCCCCCCCC/C=C\CCCCCCCCCC)COC(=O)CCCCCCCCCCCCCCCCCC. The second-order valence-electron chi connectivity index (χ2n) is 22.0. The lowest BCUT2D eigenvalue weighted by atomic mass is 10.0. The molecule has 1 atom stereocenters. The maximum Gasteiger partial charge on any atom is 0.306 e. The number of carbonyl (C=O) groups excluding carboxylic acids is 3. The van der Waals surface area contributed by atoms with Gasteiger partial charge in [0, 0.05) is 19.3 Å². The van der Waals surface area contributed by atoms with Crippen LogP contribution < -0.4 is 0 Å². The first-order chi connectivity index (χ1) is 36.0. The summed E-state index contributed by atoms with van der Waals surface area (Å²) in [4.78, 5) is 38.3. The van der Waals surface area contributed by atoms with E-state index in [0.29, 0.717) is 19.3 Å². The highest BCUT2D eigenvalue weighted by Crippen LogP contribution is 2.17. The van der Waals surface area contributed by atoms with Crippen LogP contribution in [-0.2, 0) is 28.6 Å². The first kappa shape index (κ1) is 70.6. The zero-order valence-electron chi connectivity index (χ0n) is 49.2. The van der Waals surface area contributed by atoms with Crippen molar-refractivity contribution in [2.75, 3.05) is 13.2 Å². The Morgan fingerprint density at radius 2 is 0.493 bits per heavy atom. The zero-order valence-corrected chi connectivity index (χ0v) is 49.2. The average molecular weight is 1030 g/mol. The maximum absolute atomic E-state index is 12.9. The third-order valence-electron chi connectivity index (χ3n) is 14.6. The van der Waals surface area contributed by atoms with Gasteiger partial charge in [-0.3, -0.25) is 14.4 Å². The van der Waals surface area contributed by atoms with Crippen molar-refractivity contribution in [3.8, 4) is 0 Å². The standard InChI is InChI=1S/C67H124O6/c1-4-7-10-13-16-19-22-25-28-31-32-33-34-35-36-37-40-42-45-48-51-54-57-60-66(69)72-63-64(73-67(70)61-58-55-52-49-46-43-39-30-27-24-21-18-15-12-9-6-3)62-71-65(68)59-56-53-50-47-44-41-38-29-26-23-20-17-14-11-8-5-2/h21,24,30-32,39,64H,4-20,22-23,25-29,33-38,40-63H2,1-3H3/b24-21-,32-31-,39-30-. The summed E-state index contributed by atoms with van der Waals surface area (Å²) in [5.41, 5.74) is 0. The summed E-state index contributed by atoms with van der Waals surface area (Å²) < 4.78 is 16.9. The number of carbonyl (C=O) groups is 3. The molecule has 0 aromatic heterocycles. The van der Waals surface area contributed by atoms with E-state index in [1.54, 1.807) is 0 Å². The van der Waals surface area contributed by atoms with Crippen LogP contribution in [0.3, 0.4) is 0 Å². The Bertz CT molecular complexity index is 1220. The van der Waals surface area contributed by atoms with Crippen molar-refractivity contribution < 1.29 is 28.6 Å². The van der Waals surface area contributed by atoms with Gasteiger partial charge < -0.3 is 14.2 Å². The zero-order chi connectivity index (χ0) is 52.9. The van der Waals surface area contributed by atoms with Gasteiger partial charge in [-0.2, -0.15) is 0 Å². The Balaban J connectivity index is 4.30. The van der Waals surface area contributed by atoms with Crippen LogP contribution in [0.25, 0.3) is 0 Å². The second kappa shape index (κ2) is 62.2. The fourth-order valence-electron chi connectivity index (χ4n) is 9.71. The summed E-state index contributed by atoms with van der Waals surface area (Å²) in [6.07, 6.45) is 75.8. The summed E-state index contributed by atoms with van der Waals surface area (Å²) in [5.74, 6) is -0.864. The van der Waals surface area contributed by atoms with Gasteiger partial charge in [0.2, 0.25) is 0 Å². The van der Waals surface area contributed by atoms with Gasteiger partial charge in [0.25, 0.3) is 0 Å². The van der Waals surface area contributed by atoms with Gasteiger partial charge in [0.15, 0.2) is 6.10 Å². The Morgan fingerprint density at radius 1 is 0.274 bits per heavy atom. The molecule has 0 radical (unpaired) electrons. The smallest absolute Gasteiger partial charge is 0.306 e. The van der Waals surface area contributed by atoms with E-state index in [0.717, 1.165) is 83.5 Å². The van der Waals surface area contributed by atoms with Crippen molar-refractivity contribution in [2.45, 2.75) is 361 Å². The predicted molar refractivity (Wildman–Crippen MR) is 316 cm³/mol. The van der Waals surface area contributed by atoms with Gasteiger partial charge in [0.05, 0.1) is 0 Å². The molecule has 0 saturated carbocycles. The van der Waals surface area contributed by atoms with Crippen molar-refractivity contribution in [1.29, 1.82) is 0 Å². The van der Waals surface area contributed by atoms with Crippen molar-refractivity contribution >= 4 is 17.9 Å². The summed E-state index contributed by atoms with van der Waals surface area (Å²) in [5, 5.41) is 0. The van der Waals surface area contributed by atoms with E-state index in [9.17, 15) is 14.4 Å². The molecule has 0 N–H and O–H groups in total. The molecule has 0 aromatic rings. The monoisotopic (exact) mass is 1020 g/mol. The molecule has 6 heteroatoms. The number of ether oxygens (including phenoxy) is 3. The molecule has 0 heterocycles. The van der Waals surface area contributed by atoms with Gasteiger partial charge >= 0.3 is 17.9 Å². The molecule has 0 fully saturated rings. The Morgan fingerprint density at radius 3 is 0.781 bits per heavy atom. The molecule has 0 aliphatic carbocycles. The van der Waals surface area contributed by atoms with Crippen molar-refractivity contribution in [3.05, 3.63) is 36.5 Å². The fourth-order valence-corrected chi connectivity index (χ4v) is 9.71. The first-order valence-corrected chi connectivity index (χ1v) is 32.5. The molecule has 0 aliphatic heterocycles. The Hall–Kier alpha value is -2.37. The average Bonchev–Trinajstić information content (AvgIpc) is 3.39. The minimum Gasteiger partial charge on any atom is -0.462 e. The van der Waals surface area contributed by atoms with E-state index in [1.165, 1.54) is 231 Å². The van der Waals surface area contributed by atoms with Crippen LogP contribution in [0.4, 0.5) is 0 Å². The van der Waals surface area contributed by atoms with Crippen LogP contribution in [0.15, 0.2) is 36.5 Å². The highest BCUT2D eigenvalue weighted by Gasteiger charge is 2.19. The van der Waals surface area contributed by atoms with Crippen LogP contribution in [0.2, 0.25) is 0 Å². The summed E-state index contributed by atoms with van der Waals surface area (Å²) in [6, 6.07) is 0. The number of hydrogen-bond donors (Lipinski definition) is 0. The number of unbranched alkanes of at least 4 members (excludes halogenated alkanes) is 43. The molecule has 0 amide bonds. The lowest BCUT2D eigenvalue weighted by Gasteiger charge is -2.18. The van der Waals surface area contributed by atoms with Crippen molar-refractivity contribution in [1.82, 2.24) is 0 Å². The van der Waals surface area contributed by atoms with Gasteiger partial charge in [-0.1, -0.05) is 295 Å². The van der Waals surface area contributed by atoms with E-state index in [1.807, 2.05) is 0 Å². The minimum absolute atomic E-state index is 0.0736. The molecule has 73 heavy (non-hydrogen) atoms.